The minimum Gasteiger partial charge on any atom is -0.379 e. The number of piperidine rings is 1. The van der Waals surface area contributed by atoms with Crippen LogP contribution in [0.5, 0.6) is 0 Å². The minimum absolute atomic E-state index is 0. The zero-order valence-electron chi connectivity index (χ0n) is 19.3. The van der Waals surface area contributed by atoms with Crippen LogP contribution in [0.25, 0.3) is 0 Å². The predicted molar refractivity (Wildman–Crippen MR) is 138 cm³/mol. The van der Waals surface area contributed by atoms with Gasteiger partial charge >= 0.3 is 0 Å². The number of nitrogens with zero attached hydrogens (tertiary/aromatic N) is 4. The molecular weight excluding hydrogens is 501 g/mol. The van der Waals surface area contributed by atoms with Crippen LogP contribution in [0.2, 0.25) is 0 Å². The largest absolute Gasteiger partial charge is 0.379 e. The summed E-state index contributed by atoms with van der Waals surface area (Å²) in [5, 5.41) is 3.58. The van der Waals surface area contributed by atoms with Crippen LogP contribution in [-0.4, -0.2) is 85.7 Å². The molecule has 0 bridgehead atoms. The van der Waals surface area contributed by atoms with Gasteiger partial charge in [-0.25, -0.2) is 0 Å². The normalized spacial score (nSPS) is 26.0. The van der Waals surface area contributed by atoms with Gasteiger partial charge in [0.1, 0.15) is 0 Å². The maximum absolute atomic E-state index is 5.50. The molecule has 6 nitrogen and oxygen atoms in total. The number of benzene rings is 1. The molecule has 0 amide bonds. The van der Waals surface area contributed by atoms with E-state index in [0.717, 1.165) is 58.4 Å². The van der Waals surface area contributed by atoms with Gasteiger partial charge in [0.2, 0.25) is 0 Å². The second-order valence-electron chi connectivity index (χ2n) is 9.07. The van der Waals surface area contributed by atoms with Crippen LogP contribution in [0, 0.1) is 0 Å². The number of morpholine rings is 1. The number of likely N-dealkylation sites (tertiary alicyclic amines) is 2. The fourth-order valence-electron chi connectivity index (χ4n) is 5.08. The monoisotopic (exact) mass is 541 g/mol. The molecule has 0 aromatic heterocycles. The summed E-state index contributed by atoms with van der Waals surface area (Å²) in [5.41, 5.74) is 2.74. The number of halogens is 1. The van der Waals surface area contributed by atoms with Gasteiger partial charge < -0.3 is 15.0 Å². The van der Waals surface area contributed by atoms with E-state index >= 15 is 0 Å². The van der Waals surface area contributed by atoms with Gasteiger partial charge in [-0.1, -0.05) is 30.7 Å². The first-order chi connectivity index (χ1) is 14.7. The third-order valence-corrected chi connectivity index (χ3v) is 7.04. The molecule has 2 unspecified atom stereocenters. The molecule has 0 radical (unpaired) electrons. The Balaban J connectivity index is 0.00000272. The second kappa shape index (κ2) is 12.4. The number of nitrogens with one attached hydrogen (secondary N) is 1. The van der Waals surface area contributed by atoms with Crippen molar-refractivity contribution >= 4 is 29.9 Å². The van der Waals surface area contributed by atoms with Crippen molar-refractivity contribution in [2.45, 2.75) is 57.8 Å². The molecule has 1 N–H and O–H groups in total. The Labute approximate surface area is 205 Å². The first-order valence-electron chi connectivity index (χ1n) is 11.8. The van der Waals surface area contributed by atoms with Gasteiger partial charge in [0, 0.05) is 58.4 Å². The molecule has 31 heavy (non-hydrogen) atoms. The Kier molecular flexibility index (Phi) is 9.87. The van der Waals surface area contributed by atoms with Crippen molar-refractivity contribution in [1.29, 1.82) is 0 Å². The number of ether oxygens (including phenoxy) is 1. The van der Waals surface area contributed by atoms with Crippen molar-refractivity contribution in [3.63, 3.8) is 0 Å². The van der Waals surface area contributed by atoms with Crippen molar-refractivity contribution in [2.75, 3.05) is 53.0 Å². The molecule has 1 aromatic rings. The quantitative estimate of drug-likeness (QED) is 0.353. The van der Waals surface area contributed by atoms with E-state index in [-0.39, 0.29) is 24.0 Å². The molecule has 3 fully saturated rings. The summed E-state index contributed by atoms with van der Waals surface area (Å²) in [6.07, 6.45) is 5.27. The molecule has 0 spiro atoms. The average Bonchev–Trinajstić information content (AvgIpc) is 3.28. The Bertz CT molecular complexity index is 692. The van der Waals surface area contributed by atoms with Crippen LogP contribution >= 0.6 is 24.0 Å². The van der Waals surface area contributed by atoms with E-state index in [0.29, 0.717) is 12.1 Å². The first-order valence-corrected chi connectivity index (χ1v) is 11.8. The van der Waals surface area contributed by atoms with E-state index in [4.69, 9.17) is 4.74 Å². The van der Waals surface area contributed by atoms with Gasteiger partial charge in [-0.2, -0.15) is 0 Å². The summed E-state index contributed by atoms with van der Waals surface area (Å²) in [7, 11) is 1.90. The highest BCUT2D eigenvalue weighted by atomic mass is 127. The summed E-state index contributed by atoms with van der Waals surface area (Å²) < 4.78 is 5.50. The number of rotatable bonds is 5. The Morgan fingerprint density at radius 2 is 1.77 bits per heavy atom. The van der Waals surface area contributed by atoms with Gasteiger partial charge in [0.05, 0.1) is 13.2 Å². The van der Waals surface area contributed by atoms with Crippen molar-refractivity contribution < 1.29 is 4.74 Å². The lowest BCUT2D eigenvalue weighted by Crippen LogP contribution is -2.46. The Hall–Kier alpha value is -0.900. The zero-order valence-corrected chi connectivity index (χ0v) is 21.6. The van der Waals surface area contributed by atoms with E-state index in [1.807, 2.05) is 7.05 Å². The van der Waals surface area contributed by atoms with E-state index in [2.05, 4.69) is 56.2 Å². The van der Waals surface area contributed by atoms with Gasteiger partial charge in [-0.3, -0.25) is 14.8 Å². The highest BCUT2D eigenvalue weighted by Crippen LogP contribution is 2.20. The van der Waals surface area contributed by atoms with Crippen LogP contribution in [0.3, 0.4) is 0 Å². The molecule has 2 atom stereocenters. The molecule has 0 saturated carbocycles. The van der Waals surface area contributed by atoms with E-state index in [1.54, 1.807) is 0 Å². The molecule has 3 aliphatic rings. The van der Waals surface area contributed by atoms with Gasteiger partial charge in [-0.05, 0) is 43.9 Å². The molecule has 7 heteroatoms. The lowest BCUT2D eigenvalue weighted by atomic mass is 10.0. The highest BCUT2D eigenvalue weighted by molar-refractivity contribution is 14.0. The molecule has 3 aliphatic heterocycles. The molecule has 4 rings (SSSR count). The number of hydrogen-bond donors (Lipinski definition) is 1. The van der Waals surface area contributed by atoms with Crippen LogP contribution in [0.1, 0.15) is 43.7 Å². The molecule has 3 saturated heterocycles. The fourth-order valence-corrected chi connectivity index (χ4v) is 5.08. The SMILES string of the molecule is CN=C(NCc1ccc(CN2CCCCC2C)cc1)N1CCC(N2CCOCC2)C1.I. The van der Waals surface area contributed by atoms with E-state index < -0.39 is 0 Å². The molecule has 174 valence electrons. The maximum Gasteiger partial charge on any atom is 0.193 e. The van der Waals surface area contributed by atoms with Gasteiger partial charge in [0.25, 0.3) is 0 Å². The minimum atomic E-state index is 0. The smallest absolute Gasteiger partial charge is 0.193 e. The van der Waals surface area contributed by atoms with Crippen molar-refractivity contribution in [1.82, 2.24) is 20.0 Å². The summed E-state index contributed by atoms with van der Waals surface area (Å²) in [4.78, 5) is 12.2. The number of guanidine groups is 1. The van der Waals surface area contributed by atoms with Gasteiger partial charge in [0.15, 0.2) is 5.96 Å². The lowest BCUT2D eigenvalue weighted by Gasteiger charge is -2.33. The van der Waals surface area contributed by atoms with Crippen LogP contribution in [0.4, 0.5) is 0 Å². The average molecular weight is 542 g/mol. The Morgan fingerprint density at radius 3 is 2.48 bits per heavy atom. The second-order valence-corrected chi connectivity index (χ2v) is 9.07. The first kappa shape index (κ1) is 24.7. The number of hydrogen-bond acceptors (Lipinski definition) is 4. The predicted octanol–water partition coefficient (Wildman–Crippen LogP) is 3.16. The number of aliphatic imine (C=N–C) groups is 1. The van der Waals surface area contributed by atoms with Crippen molar-refractivity contribution in [2.24, 2.45) is 4.99 Å². The fraction of sp³-hybridized carbons (Fsp3) is 0.708. The van der Waals surface area contributed by atoms with Crippen molar-refractivity contribution in [3.05, 3.63) is 35.4 Å². The lowest BCUT2D eigenvalue weighted by molar-refractivity contribution is 0.0195. The third kappa shape index (κ3) is 6.79. The van der Waals surface area contributed by atoms with E-state index in [1.165, 1.54) is 43.4 Å². The highest BCUT2D eigenvalue weighted by Gasteiger charge is 2.30. The van der Waals surface area contributed by atoms with E-state index in [9.17, 15) is 0 Å². The van der Waals surface area contributed by atoms with Crippen molar-refractivity contribution in [3.8, 4) is 0 Å². The van der Waals surface area contributed by atoms with Gasteiger partial charge in [-0.15, -0.1) is 24.0 Å². The molecule has 0 aliphatic carbocycles. The summed E-state index contributed by atoms with van der Waals surface area (Å²) in [5.74, 6) is 1.02. The molecule has 3 heterocycles. The van der Waals surface area contributed by atoms with Crippen LogP contribution < -0.4 is 5.32 Å². The van der Waals surface area contributed by atoms with Crippen LogP contribution in [-0.2, 0) is 17.8 Å². The standard InChI is InChI=1S/C24H39N5O.HI/c1-20-5-3-4-11-28(20)18-22-8-6-21(7-9-22)17-26-24(25-2)29-12-10-23(19-29)27-13-15-30-16-14-27;/h6-9,20,23H,3-5,10-19H2,1-2H3,(H,25,26);1H. The summed E-state index contributed by atoms with van der Waals surface area (Å²) in [6.45, 7) is 11.5. The molecule has 1 aromatic carbocycles. The topological polar surface area (TPSA) is 43.3 Å². The van der Waals surface area contributed by atoms with Crippen LogP contribution in [0.15, 0.2) is 29.3 Å². The zero-order chi connectivity index (χ0) is 20.8. The summed E-state index contributed by atoms with van der Waals surface area (Å²) in [6, 6.07) is 10.5. The third-order valence-electron chi connectivity index (χ3n) is 7.04. The molecular formula is C24H40IN5O. The Morgan fingerprint density at radius 1 is 1.03 bits per heavy atom. The maximum atomic E-state index is 5.50. The summed E-state index contributed by atoms with van der Waals surface area (Å²) >= 11 is 0.